The second-order valence-electron chi connectivity index (χ2n) is 6.74. The van der Waals surface area contributed by atoms with Crippen molar-refractivity contribution in [3.05, 3.63) is 73.0 Å². The molecule has 0 saturated carbocycles. The molecule has 0 aliphatic carbocycles. The molecular weight excluding hydrogens is 399 g/mol. The fraction of sp³-hybridized carbons (Fsp3) is 0.182. The number of pyridine rings is 1. The van der Waals surface area contributed by atoms with Crippen molar-refractivity contribution in [1.29, 1.82) is 0 Å². The highest BCUT2D eigenvalue weighted by molar-refractivity contribution is 6.07. The van der Waals surface area contributed by atoms with Crippen LogP contribution in [0.4, 0.5) is 21.5 Å². The van der Waals surface area contributed by atoms with Gasteiger partial charge in [0.2, 0.25) is 5.91 Å². The van der Waals surface area contributed by atoms with E-state index in [1.165, 1.54) is 24.4 Å². The molecule has 2 aromatic rings. The van der Waals surface area contributed by atoms with Crippen LogP contribution in [0.3, 0.4) is 0 Å². The van der Waals surface area contributed by atoms with Gasteiger partial charge in [0.05, 0.1) is 29.7 Å². The Morgan fingerprint density at radius 2 is 2.06 bits per heavy atom. The van der Waals surface area contributed by atoms with Crippen molar-refractivity contribution >= 4 is 34.7 Å². The summed E-state index contributed by atoms with van der Waals surface area (Å²) >= 11 is 0. The maximum Gasteiger partial charge on any atom is 0.257 e. The zero-order valence-corrected chi connectivity index (χ0v) is 17.1. The first-order chi connectivity index (χ1) is 15.0. The lowest BCUT2D eigenvalue weighted by atomic mass is 10.2. The normalized spacial score (nSPS) is 14.6. The summed E-state index contributed by atoms with van der Waals surface area (Å²) in [6, 6.07) is 7.48. The SMILES string of the molecule is C=C/C(=C\N=C(/C)N1CCNC(=O)C1)C(=O)Nc1ccncc1Nc1ccc(F)cc1. The van der Waals surface area contributed by atoms with Crippen molar-refractivity contribution in [3.63, 3.8) is 0 Å². The van der Waals surface area contributed by atoms with Crippen LogP contribution in [0.1, 0.15) is 6.92 Å². The number of hydrogen-bond donors (Lipinski definition) is 3. The van der Waals surface area contributed by atoms with Crippen LogP contribution in [-0.4, -0.2) is 47.2 Å². The highest BCUT2D eigenvalue weighted by atomic mass is 19.1. The Hall–Kier alpha value is -4.01. The van der Waals surface area contributed by atoms with E-state index in [9.17, 15) is 14.0 Å². The number of carbonyl (C=O) groups is 2. The van der Waals surface area contributed by atoms with E-state index in [4.69, 9.17) is 0 Å². The smallest absolute Gasteiger partial charge is 0.257 e. The number of anilines is 3. The van der Waals surface area contributed by atoms with Gasteiger partial charge in [-0.3, -0.25) is 14.6 Å². The van der Waals surface area contributed by atoms with Crippen molar-refractivity contribution in [3.8, 4) is 0 Å². The summed E-state index contributed by atoms with van der Waals surface area (Å²) < 4.78 is 13.1. The van der Waals surface area contributed by atoms with Crippen LogP contribution in [0.15, 0.2) is 72.1 Å². The van der Waals surface area contributed by atoms with Gasteiger partial charge in [-0.25, -0.2) is 9.38 Å². The standard InChI is InChI=1S/C22H23FN6O2/c1-3-16(12-26-15(2)29-11-10-25-21(30)14-29)22(31)28-19-8-9-24-13-20(19)27-18-6-4-17(23)5-7-18/h3-9,12-13,27H,1,10-11,14H2,2H3,(H,25,30)(H,24,28,31)/b16-12+,26-15+. The molecular formula is C22H23FN6O2. The monoisotopic (exact) mass is 422 g/mol. The van der Waals surface area contributed by atoms with E-state index in [-0.39, 0.29) is 23.8 Å². The number of benzene rings is 1. The number of carbonyl (C=O) groups excluding carboxylic acids is 2. The predicted octanol–water partition coefficient (Wildman–Crippen LogP) is 2.82. The number of nitrogens with zero attached hydrogens (tertiary/aromatic N) is 3. The Kier molecular flexibility index (Phi) is 7.10. The molecule has 0 spiro atoms. The van der Waals surface area contributed by atoms with E-state index in [0.717, 1.165) is 0 Å². The second kappa shape index (κ2) is 10.1. The van der Waals surface area contributed by atoms with Gasteiger partial charge in [-0.15, -0.1) is 0 Å². The van der Waals surface area contributed by atoms with Gasteiger partial charge >= 0.3 is 0 Å². The summed E-state index contributed by atoms with van der Waals surface area (Å²) in [6.07, 6.45) is 5.92. The third-order valence-electron chi connectivity index (χ3n) is 4.56. The van der Waals surface area contributed by atoms with Crippen molar-refractivity contribution in [1.82, 2.24) is 15.2 Å². The molecule has 1 aliphatic rings. The molecule has 0 unspecified atom stereocenters. The summed E-state index contributed by atoms with van der Waals surface area (Å²) in [5.41, 5.74) is 1.94. The molecule has 31 heavy (non-hydrogen) atoms. The Morgan fingerprint density at radius 3 is 2.77 bits per heavy atom. The van der Waals surface area contributed by atoms with E-state index in [1.807, 2.05) is 4.90 Å². The Labute approximate surface area is 179 Å². The molecule has 3 N–H and O–H groups in total. The first-order valence-electron chi connectivity index (χ1n) is 9.63. The number of amides is 2. The van der Waals surface area contributed by atoms with Crippen molar-refractivity contribution < 1.29 is 14.0 Å². The summed E-state index contributed by atoms with van der Waals surface area (Å²) in [4.78, 5) is 34.5. The van der Waals surface area contributed by atoms with Gasteiger partial charge in [-0.1, -0.05) is 12.7 Å². The van der Waals surface area contributed by atoms with Crippen LogP contribution in [0.5, 0.6) is 0 Å². The number of rotatable bonds is 6. The average molecular weight is 422 g/mol. The van der Waals surface area contributed by atoms with E-state index in [2.05, 4.69) is 32.5 Å². The van der Waals surface area contributed by atoms with E-state index in [1.54, 1.807) is 37.5 Å². The molecule has 160 valence electrons. The lowest BCUT2D eigenvalue weighted by Gasteiger charge is -2.27. The van der Waals surface area contributed by atoms with Gasteiger partial charge in [-0.2, -0.15) is 0 Å². The number of hydrogen-bond acceptors (Lipinski definition) is 5. The molecule has 1 fully saturated rings. The fourth-order valence-corrected chi connectivity index (χ4v) is 2.85. The Morgan fingerprint density at radius 1 is 1.29 bits per heavy atom. The number of aromatic nitrogens is 1. The van der Waals surface area contributed by atoms with E-state index >= 15 is 0 Å². The molecule has 0 bridgehead atoms. The zero-order chi connectivity index (χ0) is 22.2. The summed E-state index contributed by atoms with van der Waals surface area (Å²) in [5.74, 6) is -0.182. The second-order valence-corrected chi connectivity index (χ2v) is 6.74. The van der Waals surface area contributed by atoms with E-state index in [0.29, 0.717) is 36.0 Å². The van der Waals surface area contributed by atoms with Crippen LogP contribution in [0.2, 0.25) is 0 Å². The van der Waals surface area contributed by atoms with Gasteiger partial charge in [-0.05, 0) is 37.3 Å². The largest absolute Gasteiger partial charge is 0.353 e. The molecule has 1 saturated heterocycles. The highest BCUT2D eigenvalue weighted by Gasteiger charge is 2.17. The van der Waals surface area contributed by atoms with Crippen LogP contribution in [0.25, 0.3) is 0 Å². The fourth-order valence-electron chi connectivity index (χ4n) is 2.85. The first kappa shape index (κ1) is 21.7. The number of amidine groups is 1. The molecule has 0 radical (unpaired) electrons. The first-order valence-corrected chi connectivity index (χ1v) is 9.63. The zero-order valence-electron chi connectivity index (χ0n) is 17.1. The number of aliphatic imine (C=N–C) groups is 1. The van der Waals surface area contributed by atoms with Crippen molar-refractivity contribution in [2.24, 2.45) is 4.99 Å². The predicted molar refractivity (Wildman–Crippen MR) is 119 cm³/mol. The van der Waals surface area contributed by atoms with Crippen LogP contribution < -0.4 is 16.0 Å². The Balaban J connectivity index is 1.72. The lowest BCUT2D eigenvalue weighted by Crippen LogP contribution is -2.49. The summed E-state index contributed by atoms with van der Waals surface area (Å²) in [6.45, 7) is 6.90. The van der Waals surface area contributed by atoms with Gasteiger partial charge in [0, 0.05) is 31.2 Å². The lowest BCUT2D eigenvalue weighted by molar-refractivity contribution is -0.122. The minimum Gasteiger partial charge on any atom is -0.353 e. The maximum absolute atomic E-state index is 13.1. The van der Waals surface area contributed by atoms with Crippen LogP contribution >= 0.6 is 0 Å². The average Bonchev–Trinajstić information content (AvgIpc) is 2.77. The number of piperazine rings is 1. The van der Waals surface area contributed by atoms with E-state index < -0.39 is 5.91 Å². The third kappa shape index (κ3) is 5.99. The molecule has 1 aromatic heterocycles. The van der Waals surface area contributed by atoms with Crippen molar-refractivity contribution in [2.45, 2.75) is 6.92 Å². The highest BCUT2D eigenvalue weighted by Crippen LogP contribution is 2.25. The summed E-state index contributed by atoms with van der Waals surface area (Å²) in [5, 5.41) is 8.65. The molecule has 3 rings (SSSR count). The van der Waals surface area contributed by atoms with Gasteiger partial charge in [0.1, 0.15) is 11.7 Å². The molecule has 0 atom stereocenters. The molecule has 8 nitrogen and oxygen atoms in total. The quantitative estimate of drug-likeness (QED) is 0.288. The molecule has 1 aliphatic heterocycles. The number of halogens is 1. The van der Waals surface area contributed by atoms with Gasteiger partial charge < -0.3 is 20.9 Å². The minimum absolute atomic E-state index is 0.0645. The molecule has 2 heterocycles. The third-order valence-corrected chi connectivity index (χ3v) is 4.56. The van der Waals surface area contributed by atoms with Crippen molar-refractivity contribution in [2.75, 3.05) is 30.3 Å². The molecule has 1 aromatic carbocycles. The summed E-state index contributed by atoms with van der Waals surface area (Å²) in [7, 11) is 0. The number of nitrogens with one attached hydrogen (secondary N) is 3. The van der Waals surface area contributed by atoms with Crippen LogP contribution in [-0.2, 0) is 9.59 Å². The Bertz CT molecular complexity index is 1030. The molecule has 2 amide bonds. The topological polar surface area (TPSA) is 98.7 Å². The van der Waals surface area contributed by atoms with Gasteiger partial charge in [0.15, 0.2) is 0 Å². The van der Waals surface area contributed by atoms with Crippen LogP contribution in [0, 0.1) is 5.82 Å². The minimum atomic E-state index is -0.406. The molecule has 9 heteroatoms. The van der Waals surface area contributed by atoms with Gasteiger partial charge in [0.25, 0.3) is 5.91 Å². The maximum atomic E-state index is 13.1.